The summed E-state index contributed by atoms with van der Waals surface area (Å²) in [5, 5.41) is 0.567. The molecule has 0 fully saturated rings. The maximum atomic E-state index is 12.7. The highest BCUT2D eigenvalue weighted by molar-refractivity contribution is 7.20. The fourth-order valence-electron chi connectivity index (χ4n) is 3.42. The molecule has 26 heavy (non-hydrogen) atoms. The van der Waals surface area contributed by atoms with E-state index in [2.05, 4.69) is 17.1 Å². The molecule has 0 N–H and O–H groups in total. The van der Waals surface area contributed by atoms with E-state index in [1.54, 1.807) is 4.57 Å². The lowest BCUT2D eigenvalue weighted by atomic mass is 10.1. The lowest BCUT2D eigenvalue weighted by Gasteiger charge is -2.04. The third kappa shape index (κ3) is 3.05. The number of esters is 1. The second-order valence-electron chi connectivity index (χ2n) is 6.55. The lowest BCUT2D eigenvalue weighted by Crippen LogP contribution is -2.20. The van der Waals surface area contributed by atoms with Crippen LogP contribution in [0, 0.1) is 6.92 Å². The van der Waals surface area contributed by atoms with Gasteiger partial charge in [0.1, 0.15) is 15.5 Å². The van der Waals surface area contributed by atoms with Crippen LogP contribution in [0.2, 0.25) is 0 Å². The zero-order valence-corrected chi connectivity index (χ0v) is 15.5. The average molecular weight is 368 g/mol. The zero-order valence-electron chi connectivity index (χ0n) is 14.7. The molecule has 5 nitrogen and oxygen atoms in total. The SMILES string of the molecule is Cc1c(C(=O)OCCCc2ccccc2)sc2nc3n(c(=O)c12)CCC3. The molecule has 3 heterocycles. The molecule has 6 heteroatoms. The van der Waals surface area contributed by atoms with E-state index < -0.39 is 0 Å². The Bertz CT molecular complexity index is 1020. The van der Waals surface area contributed by atoms with Crippen LogP contribution in [0.4, 0.5) is 0 Å². The summed E-state index contributed by atoms with van der Waals surface area (Å²) in [5.41, 5.74) is 1.89. The molecular formula is C20H20N2O3S. The molecule has 1 aromatic carbocycles. The molecule has 0 spiro atoms. The van der Waals surface area contributed by atoms with Gasteiger partial charge in [-0.1, -0.05) is 30.3 Å². The van der Waals surface area contributed by atoms with Gasteiger partial charge in [-0.05, 0) is 37.3 Å². The normalized spacial score (nSPS) is 13.1. The second-order valence-corrected chi connectivity index (χ2v) is 7.55. The van der Waals surface area contributed by atoms with Crippen molar-refractivity contribution in [3.8, 4) is 0 Å². The topological polar surface area (TPSA) is 61.2 Å². The van der Waals surface area contributed by atoms with Crippen LogP contribution in [0.15, 0.2) is 35.1 Å². The van der Waals surface area contributed by atoms with Crippen molar-refractivity contribution >= 4 is 27.5 Å². The molecule has 3 aromatic rings. The van der Waals surface area contributed by atoms with E-state index in [-0.39, 0.29) is 11.5 Å². The number of hydrogen-bond donors (Lipinski definition) is 0. The quantitative estimate of drug-likeness (QED) is 0.511. The number of ether oxygens (including phenoxy) is 1. The summed E-state index contributed by atoms with van der Waals surface area (Å²) in [6, 6.07) is 10.1. The molecule has 0 bridgehead atoms. The van der Waals surface area contributed by atoms with Crippen molar-refractivity contribution < 1.29 is 9.53 Å². The minimum Gasteiger partial charge on any atom is -0.461 e. The summed E-state index contributed by atoms with van der Waals surface area (Å²) in [5.74, 6) is 0.467. The highest BCUT2D eigenvalue weighted by Gasteiger charge is 2.23. The standard InChI is InChI=1S/C20H20N2O3S/c1-13-16-18(21-15-10-5-11-22(15)19(16)23)26-17(13)20(24)25-12-6-9-14-7-3-2-4-8-14/h2-4,7-8H,5-6,9-12H2,1H3. The van der Waals surface area contributed by atoms with Crippen molar-refractivity contribution in [2.24, 2.45) is 0 Å². The first-order chi connectivity index (χ1) is 12.6. The van der Waals surface area contributed by atoms with E-state index in [9.17, 15) is 9.59 Å². The summed E-state index contributed by atoms with van der Waals surface area (Å²) >= 11 is 1.27. The van der Waals surface area contributed by atoms with Crippen molar-refractivity contribution in [3.05, 3.63) is 62.5 Å². The molecule has 0 radical (unpaired) electrons. The Hall–Kier alpha value is -2.47. The molecule has 0 amide bonds. The minimum atomic E-state index is -0.358. The van der Waals surface area contributed by atoms with E-state index >= 15 is 0 Å². The Balaban J connectivity index is 1.48. The first kappa shape index (κ1) is 17.0. The smallest absolute Gasteiger partial charge is 0.348 e. The number of rotatable bonds is 5. The Morgan fingerprint density at radius 1 is 1.31 bits per heavy atom. The van der Waals surface area contributed by atoms with Gasteiger partial charge in [-0.2, -0.15) is 0 Å². The predicted octanol–water partition coefficient (Wildman–Crippen LogP) is 3.50. The van der Waals surface area contributed by atoms with Gasteiger partial charge in [-0.15, -0.1) is 11.3 Å². The monoisotopic (exact) mass is 368 g/mol. The van der Waals surface area contributed by atoms with Crippen LogP contribution in [-0.4, -0.2) is 22.1 Å². The van der Waals surface area contributed by atoms with Gasteiger partial charge in [0.25, 0.3) is 5.56 Å². The number of thiophene rings is 1. The highest BCUT2D eigenvalue weighted by Crippen LogP contribution is 2.29. The third-order valence-electron chi connectivity index (χ3n) is 4.78. The number of fused-ring (bicyclic) bond motifs is 2. The molecule has 0 atom stereocenters. The minimum absolute atomic E-state index is 0.0284. The number of hydrogen-bond acceptors (Lipinski definition) is 5. The Labute approximate surface area is 155 Å². The fourth-order valence-corrected chi connectivity index (χ4v) is 4.51. The van der Waals surface area contributed by atoms with Gasteiger partial charge in [-0.3, -0.25) is 9.36 Å². The van der Waals surface area contributed by atoms with Crippen molar-refractivity contribution in [1.29, 1.82) is 0 Å². The number of carbonyl (C=O) groups is 1. The fraction of sp³-hybridized carbons (Fsp3) is 0.350. The molecule has 134 valence electrons. The molecule has 0 unspecified atom stereocenters. The molecule has 0 aliphatic carbocycles. The third-order valence-corrected chi connectivity index (χ3v) is 5.95. The second kappa shape index (κ2) is 7.03. The van der Waals surface area contributed by atoms with E-state index in [4.69, 9.17) is 4.74 Å². The summed E-state index contributed by atoms with van der Waals surface area (Å²) in [7, 11) is 0. The average Bonchev–Trinajstić information content (AvgIpc) is 3.25. The van der Waals surface area contributed by atoms with Crippen molar-refractivity contribution in [2.45, 2.75) is 39.2 Å². The molecule has 1 aliphatic heterocycles. The van der Waals surface area contributed by atoms with Crippen LogP contribution in [0.1, 0.15) is 39.5 Å². The van der Waals surface area contributed by atoms with Gasteiger partial charge in [0.05, 0.1) is 12.0 Å². The number of carbonyl (C=O) groups excluding carboxylic acids is 1. The van der Waals surface area contributed by atoms with E-state index in [0.717, 1.165) is 31.5 Å². The molecule has 1 aliphatic rings. The molecule has 0 saturated carbocycles. The Morgan fingerprint density at radius 2 is 2.12 bits per heavy atom. The predicted molar refractivity (Wildman–Crippen MR) is 102 cm³/mol. The maximum Gasteiger partial charge on any atom is 0.348 e. The number of aryl methyl sites for hydroxylation is 3. The lowest BCUT2D eigenvalue weighted by molar-refractivity contribution is 0.0505. The first-order valence-corrected chi connectivity index (χ1v) is 9.70. The van der Waals surface area contributed by atoms with Crippen LogP contribution in [0.3, 0.4) is 0 Å². The van der Waals surface area contributed by atoms with Crippen LogP contribution in [0.5, 0.6) is 0 Å². The van der Waals surface area contributed by atoms with Gasteiger partial charge >= 0.3 is 5.97 Å². The Morgan fingerprint density at radius 3 is 2.92 bits per heavy atom. The Kier molecular flexibility index (Phi) is 4.59. The van der Waals surface area contributed by atoms with E-state index in [1.165, 1.54) is 16.9 Å². The highest BCUT2D eigenvalue weighted by atomic mass is 32.1. The van der Waals surface area contributed by atoms with Crippen molar-refractivity contribution in [3.63, 3.8) is 0 Å². The molecular weight excluding hydrogens is 348 g/mol. The van der Waals surface area contributed by atoms with E-state index in [1.807, 2.05) is 25.1 Å². The zero-order chi connectivity index (χ0) is 18.1. The van der Waals surface area contributed by atoms with Crippen LogP contribution in [-0.2, 0) is 24.1 Å². The summed E-state index contributed by atoms with van der Waals surface area (Å²) in [6.45, 7) is 2.89. The molecule has 4 rings (SSSR count). The van der Waals surface area contributed by atoms with Gasteiger partial charge in [0.15, 0.2) is 0 Å². The number of benzene rings is 1. The van der Waals surface area contributed by atoms with Gasteiger partial charge in [-0.25, -0.2) is 9.78 Å². The van der Waals surface area contributed by atoms with E-state index in [0.29, 0.717) is 33.8 Å². The van der Waals surface area contributed by atoms with Crippen LogP contribution < -0.4 is 5.56 Å². The number of nitrogens with zero attached hydrogens (tertiary/aromatic N) is 2. The van der Waals surface area contributed by atoms with Crippen molar-refractivity contribution in [2.75, 3.05) is 6.61 Å². The first-order valence-electron chi connectivity index (χ1n) is 8.89. The van der Waals surface area contributed by atoms with Gasteiger partial charge < -0.3 is 4.74 Å². The van der Waals surface area contributed by atoms with Crippen molar-refractivity contribution in [1.82, 2.24) is 9.55 Å². The molecule has 2 aromatic heterocycles. The largest absolute Gasteiger partial charge is 0.461 e. The van der Waals surface area contributed by atoms with Gasteiger partial charge in [0, 0.05) is 13.0 Å². The summed E-state index contributed by atoms with van der Waals surface area (Å²) < 4.78 is 7.17. The summed E-state index contributed by atoms with van der Waals surface area (Å²) in [4.78, 5) is 30.9. The maximum absolute atomic E-state index is 12.7. The number of aromatic nitrogens is 2. The van der Waals surface area contributed by atoms with Crippen LogP contribution in [0.25, 0.3) is 10.2 Å². The summed E-state index contributed by atoms with van der Waals surface area (Å²) in [6.07, 6.45) is 3.42. The van der Waals surface area contributed by atoms with Gasteiger partial charge in [0.2, 0.25) is 0 Å². The van der Waals surface area contributed by atoms with Crippen LogP contribution >= 0.6 is 11.3 Å². The molecule has 0 saturated heterocycles.